The second kappa shape index (κ2) is 15.1. The number of hydrogen-bond acceptors (Lipinski definition) is 4. The van der Waals surface area contributed by atoms with Crippen LogP contribution in [0, 0.1) is 0 Å². The van der Waals surface area contributed by atoms with Gasteiger partial charge in [-0.15, -0.1) is 4.67 Å². The molecule has 1 aliphatic heterocycles. The van der Waals surface area contributed by atoms with E-state index >= 15 is 0 Å². The molecular weight excluding hydrogens is 582 g/mol. The maximum atomic E-state index is 6.11. The molecule has 240 valence electrons. The number of hydrogen-bond donors (Lipinski definition) is 0. The molecule has 1 fully saturated rings. The van der Waals surface area contributed by atoms with Gasteiger partial charge in [0.1, 0.15) is 0 Å². The predicted molar refractivity (Wildman–Crippen MR) is 184 cm³/mol. The molecule has 0 radical (unpaired) electrons. The fourth-order valence-corrected chi connectivity index (χ4v) is 25.4. The van der Waals surface area contributed by atoms with Crippen molar-refractivity contribution in [1.29, 1.82) is 0 Å². The van der Waals surface area contributed by atoms with Gasteiger partial charge in [-0.3, -0.25) is 0 Å². The highest BCUT2D eigenvalue weighted by molar-refractivity contribution is 7.84. The summed E-state index contributed by atoms with van der Waals surface area (Å²) in [5.41, 5.74) is 0. The van der Waals surface area contributed by atoms with E-state index in [1.807, 2.05) is 0 Å². The molecule has 0 aromatic heterocycles. The largest absolute Gasteiger partial charge is 0.453 e. The maximum absolute atomic E-state index is 6.11. The minimum atomic E-state index is -2.94. The van der Waals surface area contributed by atoms with E-state index in [0.29, 0.717) is 0 Å². The molecule has 1 rings (SSSR count). The van der Waals surface area contributed by atoms with E-state index in [1.165, 1.54) is 6.42 Å². The van der Waals surface area contributed by atoms with Crippen LogP contribution < -0.4 is 0 Å². The van der Waals surface area contributed by atoms with Crippen molar-refractivity contribution >= 4 is 30.4 Å². The molecule has 0 bridgehead atoms. The van der Waals surface area contributed by atoms with Crippen LogP contribution in [-0.2, 0) is 0 Å². The Kier molecular flexibility index (Phi) is 14.7. The summed E-state index contributed by atoms with van der Waals surface area (Å²) >= 11 is 0. The third-order valence-corrected chi connectivity index (χ3v) is 23.8. The highest BCUT2D eigenvalue weighted by atomic mass is 31.3. The zero-order chi connectivity index (χ0) is 31.4. The molecular formula is C23H64N13P4+. The van der Waals surface area contributed by atoms with Gasteiger partial charge < -0.3 is 0 Å². The van der Waals surface area contributed by atoms with Crippen LogP contribution >= 0.6 is 30.4 Å². The van der Waals surface area contributed by atoms with Crippen molar-refractivity contribution in [2.24, 2.45) is 13.5 Å². The van der Waals surface area contributed by atoms with E-state index in [1.54, 1.807) is 0 Å². The molecule has 0 amide bonds. The fraction of sp³-hybridized carbons (Fsp3) is 1.00. The summed E-state index contributed by atoms with van der Waals surface area (Å²) in [5, 5.41) is 0. The van der Waals surface area contributed by atoms with E-state index in [9.17, 15) is 0 Å². The highest BCUT2D eigenvalue weighted by Gasteiger charge is 2.57. The van der Waals surface area contributed by atoms with E-state index in [2.05, 4.69) is 174 Å². The lowest BCUT2D eigenvalue weighted by molar-refractivity contribution is 0.360. The molecule has 0 atom stereocenters. The molecule has 0 unspecified atom stereocenters. The average molecular weight is 647 g/mol. The summed E-state index contributed by atoms with van der Waals surface area (Å²) in [5.74, 6) is 0. The standard InChI is InChI=1S/C23H64N13P4/c1-27(2)38(28(3)4,29(5)6)24-37(36-22-20-19-21-23-36,25-39(30(7)8,31(9)10)32(11)12)26-40(33(13)14,34(15)16)35(17)18/h19-23H2,1-18H3/q+1. The lowest BCUT2D eigenvalue weighted by Gasteiger charge is -2.45. The molecule has 0 saturated carbocycles. The normalized spacial score (nSPS) is 17.2. The number of nitrogens with zero attached hydrogens (tertiary/aromatic N) is 13. The fourth-order valence-electron chi connectivity index (χ4n) is 5.79. The van der Waals surface area contributed by atoms with Gasteiger partial charge in [-0.25, -0.2) is 42.0 Å². The summed E-state index contributed by atoms with van der Waals surface area (Å²) in [7, 11) is 28.7. The quantitative estimate of drug-likeness (QED) is 0.254. The summed E-state index contributed by atoms with van der Waals surface area (Å²) < 4.78 is 41.7. The van der Waals surface area contributed by atoms with Gasteiger partial charge in [0.05, 0.1) is 0 Å². The minimum Gasteiger partial charge on any atom is -0.249 e. The number of rotatable bonds is 13. The smallest absolute Gasteiger partial charge is 0.249 e. The molecule has 0 aromatic carbocycles. The van der Waals surface area contributed by atoms with Gasteiger partial charge in [-0.2, -0.15) is 0 Å². The van der Waals surface area contributed by atoms with Crippen LogP contribution in [0.25, 0.3) is 0 Å². The van der Waals surface area contributed by atoms with Crippen LogP contribution in [0.1, 0.15) is 19.3 Å². The van der Waals surface area contributed by atoms with Crippen LogP contribution in [0.3, 0.4) is 0 Å². The van der Waals surface area contributed by atoms with Gasteiger partial charge in [0.2, 0.25) is 22.5 Å². The number of piperidine rings is 1. The van der Waals surface area contributed by atoms with Gasteiger partial charge >= 0.3 is 7.87 Å². The third kappa shape index (κ3) is 7.33. The van der Waals surface area contributed by atoms with Crippen molar-refractivity contribution < 1.29 is 0 Å². The Bertz CT molecular complexity index is 775. The first-order valence-corrected chi connectivity index (χ1v) is 20.3. The molecule has 13 nitrogen and oxygen atoms in total. The van der Waals surface area contributed by atoms with Crippen LogP contribution in [-0.4, -0.2) is 187 Å². The maximum Gasteiger partial charge on any atom is 0.453 e. The van der Waals surface area contributed by atoms with E-state index in [4.69, 9.17) is 13.5 Å². The summed E-state index contributed by atoms with van der Waals surface area (Å²) in [6, 6.07) is 0. The molecule has 1 heterocycles. The second-order valence-electron chi connectivity index (χ2n) is 12.1. The van der Waals surface area contributed by atoms with Crippen molar-refractivity contribution in [3.05, 3.63) is 0 Å². The van der Waals surface area contributed by atoms with Gasteiger partial charge in [0.25, 0.3) is 0 Å². The summed E-state index contributed by atoms with van der Waals surface area (Å²) in [4.78, 5) is 0. The lowest BCUT2D eigenvalue weighted by Crippen LogP contribution is -2.36. The lowest BCUT2D eigenvalue weighted by atomic mass is 10.2. The highest BCUT2D eigenvalue weighted by Crippen LogP contribution is 2.83. The van der Waals surface area contributed by atoms with Crippen LogP contribution in [0.15, 0.2) is 13.5 Å². The molecule has 1 aliphatic rings. The third-order valence-electron chi connectivity index (χ3n) is 7.26. The first kappa shape index (κ1) is 38.7. The molecule has 17 heteroatoms. The van der Waals surface area contributed by atoms with Gasteiger partial charge in [-0.1, -0.05) is 6.42 Å². The van der Waals surface area contributed by atoms with Crippen molar-refractivity contribution in [1.82, 2.24) is 46.7 Å². The van der Waals surface area contributed by atoms with E-state index in [0.717, 1.165) is 25.9 Å². The summed E-state index contributed by atoms with van der Waals surface area (Å²) in [6.45, 7) is 1.89. The van der Waals surface area contributed by atoms with Crippen molar-refractivity contribution in [2.75, 3.05) is 140 Å². The first-order valence-electron chi connectivity index (χ1n) is 13.9. The van der Waals surface area contributed by atoms with Gasteiger partial charge in [0.15, 0.2) is 0 Å². The minimum absolute atomic E-state index is 0.946. The Morgan fingerprint density at radius 1 is 0.375 bits per heavy atom. The summed E-state index contributed by atoms with van der Waals surface area (Å²) in [6.07, 6.45) is 3.50. The SMILES string of the molecule is CN(C)P(=N[P+](N=P(N(C)C)(N(C)C)N(C)C)(N=P(N(C)C)(N(C)C)N(C)C)N1CCCCC1)(N(C)C)N(C)C. The molecule has 1 saturated heterocycles. The topological polar surface area (TPSA) is 69.5 Å². The Balaban J connectivity index is 4.90. The molecule has 0 aromatic rings. The Morgan fingerprint density at radius 3 is 0.750 bits per heavy atom. The van der Waals surface area contributed by atoms with Crippen LogP contribution in [0.4, 0.5) is 0 Å². The average Bonchev–Trinajstić information content (AvgIpc) is 2.82. The van der Waals surface area contributed by atoms with Crippen molar-refractivity contribution in [2.45, 2.75) is 19.3 Å². The zero-order valence-electron chi connectivity index (χ0n) is 29.1. The first-order chi connectivity index (χ1) is 18.2. The van der Waals surface area contributed by atoms with E-state index < -0.39 is 30.4 Å². The molecule has 0 N–H and O–H groups in total. The van der Waals surface area contributed by atoms with Gasteiger partial charge in [-0.05, 0) is 153 Å². The van der Waals surface area contributed by atoms with Gasteiger partial charge in [0, 0.05) is 13.1 Å². The van der Waals surface area contributed by atoms with Crippen molar-refractivity contribution in [3.8, 4) is 0 Å². The predicted octanol–water partition coefficient (Wildman–Crippen LogP) is 5.04. The van der Waals surface area contributed by atoms with Crippen LogP contribution in [0.5, 0.6) is 0 Å². The van der Waals surface area contributed by atoms with E-state index in [-0.39, 0.29) is 0 Å². The monoisotopic (exact) mass is 646 g/mol. The Labute approximate surface area is 249 Å². The van der Waals surface area contributed by atoms with Crippen LogP contribution in [0.2, 0.25) is 0 Å². The van der Waals surface area contributed by atoms with Crippen molar-refractivity contribution in [3.63, 3.8) is 0 Å². The Hall–Kier alpha value is 0.720. The second-order valence-corrected chi connectivity index (χ2v) is 26.3. The molecule has 40 heavy (non-hydrogen) atoms. The Morgan fingerprint density at radius 2 is 0.575 bits per heavy atom. The molecule has 0 aliphatic carbocycles. The zero-order valence-corrected chi connectivity index (χ0v) is 32.7. The molecule has 0 spiro atoms.